The summed E-state index contributed by atoms with van der Waals surface area (Å²) in [7, 11) is 1.65. The molecule has 3 unspecified atom stereocenters. The highest BCUT2D eigenvalue weighted by Crippen LogP contribution is 2.33. The number of fused-ring (bicyclic) bond motifs is 2. The van der Waals surface area contributed by atoms with E-state index in [4.69, 9.17) is 15.2 Å². The third-order valence-electron chi connectivity index (χ3n) is 7.23. The normalized spacial score (nSPS) is 19.9. The summed E-state index contributed by atoms with van der Waals surface area (Å²) in [5, 5.41) is 0. The van der Waals surface area contributed by atoms with Crippen molar-refractivity contribution in [1.82, 2.24) is 4.90 Å². The van der Waals surface area contributed by atoms with Gasteiger partial charge in [0, 0.05) is 43.7 Å². The Morgan fingerprint density at radius 3 is 2.27 bits per heavy atom. The summed E-state index contributed by atoms with van der Waals surface area (Å²) in [6.07, 6.45) is 2.93. The zero-order valence-electron chi connectivity index (χ0n) is 21.1. The monoisotopic (exact) mass is 499 g/mol. The van der Waals surface area contributed by atoms with Crippen molar-refractivity contribution in [3.63, 3.8) is 0 Å². The number of primary amides is 1. The molecule has 0 saturated carbocycles. The van der Waals surface area contributed by atoms with E-state index in [2.05, 4.69) is 17.0 Å². The van der Waals surface area contributed by atoms with Gasteiger partial charge in [-0.05, 0) is 60.7 Å². The fourth-order valence-corrected chi connectivity index (χ4v) is 5.38. The molecule has 0 spiro atoms. The van der Waals surface area contributed by atoms with Crippen molar-refractivity contribution in [3.05, 3.63) is 84.4 Å². The number of ether oxygens (including phenoxy) is 2. The summed E-state index contributed by atoms with van der Waals surface area (Å²) in [5.41, 5.74) is 9.43. The van der Waals surface area contributed by atoms with Gasteiger partial charge in [0.1, 0.15) is 0 Å². The molecule has 3 aromatic carbocycles. The van der Waals surface area contributed by atoms with Crippen LogP contribution in [0, 0.1) is 0 Å². The largest absolute Gasteiger partial charge is 0.385 e. The number of likely N-dealkylation sites (tertiary alicyclic amines) is 1. The van der Waals surface area contributed by atoms with Gasteiger partial charge < -0.3 is 15.2 Å². The quantitative estimate of drug-likeness (QED) is 0.472. The number of carbonyl (C=O) groups is 2. The minimum atomic E-state index is -0.533. The van der Waals surface area contributed by atoms with Crippen molar-refractivity contribution in [2.24, 2.45) is 5.73 Å². The Labute approximate surface area is 217 Å². The summed E-state index contributed by atoms with van der Waals surface area (Å²) < 4.78 is 11.4. The number of amides is 2. The van der Waals surface area contributed by atoms with Crippen LogP contribution >= 0.6 is 0 Å². The first-order chi connectivity index (χ1) is 18.0. The van der Waals surface area contributed by atoms with Crippen LogP contribution in [0.3, 0.4) is 0 Å². The minimum Gasteiger partial charge on any atom is -0.385 e. The fraction of sp³-hybridized carbons (Fsp3) is 0.333. The smallest absolute Gasteiger partial charge is 0.248 e. The van der Waals surface area contributed by atoms with Gasteiger partial charge in [0.2, 0.25) is 11.8 Å². The molecule has 2 saturated heterocycles. The Hall–Kier alpha value is -3.52. The molecular weight excluding hydrogens is 466 g/mol. The predicted molar refractivity (Wildman–Crippen MR) is 144 cm³/mol. The number of anilines is 2. The second-order valence-corrected chi connectivity index (χ2v) is 9.71. The zero-order valence-corrected chi connectivity index (χ0v) is 21.1. The van der Waals surface area contributed by atoms with Crippen molar-refractivity contribution in [3.8, 4) is 11.1 Å². The number of rotatable bonds is 9. The summed E-state index contributed by atoms with van der Waals surface area (Å²) in [6.45, 7) is 1.91. The van der Waals surface area contributed by atoms with Gasteiger partial charge in [-0.2, -0.15) is 0 Å². The minimum absolute atomic E-state index is 0.0626. The maximum Gasteiger partial charge on any atom is 0.248 e. The van der Waals surface area contributed by atoms with E-state index >= 15 is 0 Å². The molecule has 0 radical (unpaired) electrons. The third-order valence-corrected chi connectivity index (χ3v) is 7.23. The van der Waals surface area contributed by atoms with Crippen LogP contribution in [0.1, 0.15) is 29.6 Å². The number of hydrogen-bond acceptors (Lipinski definition) is 5. The number of nitrogens with two attached hydrogens (primary N) is 1. The molecule has 2 N–H and O–H groups in total. The van der Waals surface area contributed by atoms with Gasteiger partial charge in [0.15, 0.2) is 0 Å². The van der Waals surface area contributed by atoms with Crippen LogP contribution in [0.2, 0.25) is 0 Å². The topological polar surface area (TPSA) is 85.1 Å². The standard InChI is InChI=1S/C30H33N3O4/c1-36-17-16-28(32-19-26-14-15-27(20-32)37-26)30(35)33(25-9-5-8-23(18-25)29(31)34)24-12-10-22(11-13-24)21-6-3-2-4-7-21/h2-13,18,26-28H,14-17,19-20H2,1H3,(H2,31,34). The molecule has 0 aromatic heterocycles. The van der Waals surface area contributed by atoms with Crippen molar-refractivity contribution >= 4 is 23.2 Å². The van der Waals surface area contributed by atoms with Crippen molar-refractivity contribution < 1.29 is 19.1 Å². The zero-order chi connectivity index (χ0) is 25.8. The molecule has 2 bridgehead atoms. The molecule has 2 aliphatic rings. The second kappa shape index (κ2) is 11.3. The van der Waals surface area contributed by atoms with E-state index in [-0.39, 0.29) is 18.1 Å². The van der Waals surface area contributed by atoms with Gasteiger partial charge in [-0.3, -0.25) is 19.4 Å². The van der Waals surface area contributed by atoms with E-state index in [0.717, 1.165) is 42.7 Å². The summed E-state index contributed by atoms with van der Waals surface area (Å²) in [4.78, 5) is 30.3. The first-order valence-corrected chi connectivity index (χ1v) is 12.8. The van der Waals surface area contributed by atoms with E-state index < -0.39 is 11.9 Å². The number of carbonyl (C=O) groups excluding carboxylic acids is 2. The van der Waals surface area contributed by atoms with Crippen LogP contribution in [0.15, 0.2) is 78.9 Å². The molecule has 192 valence electrons. The molecule has 0 aliphatic carbocycles. The summed E-state index contributed by atoms with van der Waals surface area (Å²) in [6, 6.07) is 24.6. The number of methoxy groups -OCH3 is 1. The van der Waals surface area contributed by atoms with Gasteiger partial charge in [-0.25, -0.2) is 0 Å². The van der Waals surface area contributed by atoms with Crippen LogP contribution in [0.5, 0.6) is 0 Å². The Kier molecular flexibility index (Phi) is 7.65. The number of benzene rings is 3. The van der Waals surface area contributed by atoms with Crippen molar-refractivity contribution in [1.29, 1.82) is 0 Å². The first-order valence-electron chi connectivity index (χ1n) is 12.8. The highest BCUT2D eigenvalue weighted by molar-refractivity contribution is 6.05. The maximum absolute atomic E-state index is 14.4. The van der Waals surface area contributed by atoms with E-state index in [9.17, 15) is 9.59 Å². The fourth-order valence-electron chi connectivity index (χ4n) is 5.38. The lowest BCUT2D eigenvalue weighted by Crippen LogP contribution is -2.54. The first kappa shape index (κ1) is 25.1. The van der Waals surface area contributed by atoms with E-state index in [1.807, 2.05) is 48.5 Å². The number of morpholine rings is 1. The molecule has 2 aliphatic heterocycles. The van der Waals surface area contributed by atoms with E-state index in [1.165, 1.54) is 0 Å². The van der Waals surface area contributed by atoms with Gasteiger partial charge >= 0.3 is 0 Å². The average Bonchev–Trinajstić information content (AvgIpc) is 3.27. The number of nitrogens with zero attached hydrogens (tertiary/aromatic N) is 2. The van der Waals surface area contributed by atoms with Crippen LogP contribution in [-0.4, -0.2) is 61.8 Å². The molecular formula is C30H33N3O4. The molecule has 2 amide bonds. The third kappa shape index (κ3) is 5.59. The molecule has 37 heavy (non-hydrogen) atoms. The van der Waals surface area contributed by atoms with Crippen LogP contribution in [-0.2, 0) is 14.3 Å². The Balaban J connectivity index is 1.52. The van der Waals surface area contributed by atoms with Crippen molar-refractivity contribution in [2.45, 2.75) is 37.5 Å². The van der Waals surface area contributed by atoms with Crippen LogP contribution in [0.4, 0.5) is 11.4 Å². The van der Waals surface area contributed by atoms with Gasteiger partial charge in [-0.1, -0.05) is 48.5 Å². The lowest BCUT2D eigenvalue weighted by Gasteiger charge is -2.39. The van der Waals surface area contributed by atoms with Gasteiger partial charge in [0.25, 0.3) is 0 Å². The van der Waals surface area contributed by atoms with Gasteiger partial charge in [0.05, 0.1) is 18.2 Å². The highest BCUT2D eigenvalue weighted by Gasteiger charge is 2.40. The lowest BCUT2D eigenvalue weighted by atomic mass is 10.0. The predicted octanol–water partition coefficient (Wildman–Crippen LogP) is 4.39. The molecule has 2 heterocycles. The average molecular weight is 500 g/mol. The van der Waals surface area contributed by atoms with Crippen LogP contribution < -0.4 is 10.6 Å². The molecule has 7 nitrogen and oxygen atoms in total. The summed E-state index contributed by atoms with van der Waals surface area (Å²) in [5.74, 6) is -0.596. The second-order valence-electron chi connectivity index (χ2n) is 9.71. The molecule has 2 fully saturated rings. The number of hydrogen-bond donors (Lipinski definition) is 1. The molecule has 7 heteroatoms. The summed E-state index contributed by atoms with van der Waals surface area (Å²) >= 11 is 0. The highest BCUT2D eigenvalue weighted by atomic mass is 16.5. The molecule has 3 aromatic rings. The van der Waals surface area contributed by atoms with E-state index in [1.54, 1.807) is 30.2 Å². The van der Waals surface area contributed by atoms with Crippen LogP contribution in [0.25, 0.3) is 11.1 Å². The maximum atomic E-state index is 14.4. The van der Waals surface area contributed by atoms with Crippen molar-refractivity contribution in [2.75, 3.05) is 31.7 Å². The molecule has 5 rings (SSSR count). The Bertz CT molecular complexity index is 1220. The Morgan fingerprint density at radius 1 is 0.946 bits per heavy atom. The Morgan fingerprint density at radius 2 is 1.62 bits per heavy atom. The van der Waals surface area contributed by atoms with E-state index in [0.29, 0.717) is 24.3 Å². The lowest BCUT2D eigenvalue weighted by molar-refractivity contribution is -0.128. The molecule has 3 atom stereocenters. The van der Waals surface area contributed by atoms with Gasteiger partial charge in [-0.15, -0.1) is 0 Å². The SMILES string of the molecule is COCCC(C(=O)N(c1ccc(-c2ccccc2)cc1)c1cccc(C(N)=O)c1)N1CC2CCC(C1)O2.